The molecule has 0 unspecified atom stereocenters. The molecule has 0 saturated heterocycles. The summed E-state index contributed by atoms with van der Waals surface area (Å²) in [5.41, 5.74) is 0. The highest BCUT2D eigenvalue weighted by molar-refractivity contribution is 9.11. The molecule has 1 N–H and O–H groups in total. The van der Waals surface area contributed by atoms with E-state index in [0.717, 1.165) is 4.61 Å². The first-order valence-corrected chi connectivity index (χ1v) is 3.09. The predicted octanol–water partition coefficient (Wildman–Crippen LogP) is 1.51. The van der Waals surface area contributed by atoms with E-state index in [1.165, 1.54) is 11.8 Å². The Morgan fingerprint density at radius 3 is 3.00 bits per heavy atom. The topological polar surface area (TPSA) is 12.0 Å². The van der Waals surface area contributed by atoms with Crippen LogP contribution < -0.4 is 5.32 Å². The number of rotatable bonds is 0. The van der Waals surface area contributed by atoms with Crippen molar-refractivity contribution in [3.8, 4) is 0 Å². The van der Waals surface area contributed by atoms with Gasteiger partial charge < -0.3 is 5.32 Å². The van der Waals surface area contributed by atoms with E-state index in [4.69, 9.17) is 0 Å². The molecule has 1 rings (SSSR count). The van der Waals surface area contributed by atoms with Crippen LogP contribution in [0.5, 0.6) is 0 Å². The fourth-order valence-corrected chi connectivity index (χ4v) is 1.09. The lowest BCUT2D eigenvalue weighted by Gasteiger charge is -1.83. The van der Waals surface area contributed by atoms with Crippen LogP contribution in [0, 0.1) is 5.88 Å². The maximum atomic E-state index is 3.20. The van der Waals surface area contributed by atoms with Crippen LogP contribution in [0.3, 0.4) is 0 Å². The predicted molar refractivity (Wildman–Crippen MR) is 31.0 cm³/mol. The van der Waals surface area contributed by atoms with Crippen molar-refractivity contribution in [2.75, 3.05) is 0 Å². The minimum absolute atomic E-state index is 0.993. The van der Waals surface area contributed by atoms with Crippen molar-refractivity contribution < 1.29 is 0 Å². The van der Waals surface area contributed by atoms with Crippen molar-refractivity contribution in [2.45, 2.75) is 0 Å². The second-order valence-electron chi connectivity index (χ2n) is 0.811. The van der Waals surface area contributed by atoms with Crippen LogP contribution in [0.15, 0.2) is 10.0 Å². The monoisotopic (exact) mass is 163 g/mol. The molecule has 32 valence electrons. The molecule has 0 aromatic heterocycles. The third-order valence-corrected chi connectivity index (χ3v) is 1.70. The Kier molecular flexibility index (Phi) is 1.42. The quantitative estimate of drug-likeness (QED) is 0.544. The van der Waals surface area contributed by atoms with E-state index < -0.39 is 0 Å². The molecule has 0 fully saturated rings. The molecule has 0 aromatic carbocycles. The molecule has 0 aromatic rings. The van der Waals surface area contributed by atoms with Crippen LogP contribution in [0.2, 0.25) is 0 Å². The molecule has 0 bridgehead atoms. The summed E-state index contributed by atoms with van der Waals surface area (Å²) in [5, 5.41) is 4.74. The lowest BCUT2D eigenvalue weighted by Crippen LogP contribution is -1.93. The molecule has 2 radical (unpaired) electrons. The van der Waals surface area contributed by atoms with Gasteiger partial charge in [-0.25, -0.2) is 0 Å². The van der Waals surface area contributed by atoms with Crippen molar-refractivity contribution >= 4 is 27.7 Å². The van der Waals surface area contributed by atoms with Gasteiger partial charge >= 0.3 is 0 Å². The SMILES string of the molecule is BrC1=CS[C]N1. The molecule has 6 heavy (non-hydrogen) atoms. The van der Waals surface area contributed by atoms with Crippen molar-refractivity contribution in [1.82, 2.24) is 5.32 Å². The summed E-state index contributed by atoms with van der Waals surface area (Å²) in [7, 11) is 0. The highest BCUT2D eigenvalue weighted by atomic mass is 79.9. The molecule has 0 aliphatic carbocycles. The lowest BCUT2D eigenvalue weighted by atomic mass is 11.0. The third kappa shape index (κ3) is 0.914. The fraction of sp³-hybridized carbons (Fsp3) is 0. The Labute approximate surface area is 49.3 Å². The molecule has 1 nitrogen and oxygen atoms in total. The number of thioether (sulfide) groups is 1. The average molecular weight is 164 g/mol. The molecule has 0 spiro atoms. The summed E-state index contributed by atoms with van der Waals surface area (Å²) in [6.07, 6.45) is 0. The molecule has 1 aliphatic rings. The van der Waals surface area contributed by atoms with Gasteiger partial charge in [-0.05, 0) is 15.9 Å². The molecule has 0 atom stereocenters. The zero-order valence-electron chi connectivity index (χ0n) is 2.86. The van der Waals surface area contributed by atoms with Crippen LogP contribution >= 0.6 is 27.7 Å². The van der Waals surface area contributed by atoms with Crippen LogP contribution in [-0.2, 0) is 0 Å². The molecule has 1 heterocycles. The third-order valence-electron chi connectivity index (χ3n) is 0.392. The highest BCUT2D eigenvalue weighted by Crippen LogP contribution is 2.19. The first-order chi connectivity index (χ1) is 2.89. The van der Waals surface area contributed by atoms with E-state index in [9.17, 15) is 0 Å². The number of hydrogen-bond acceptors (Lipinski definition) is 2. The normalized spacial score (nSPS) is 19.8. The minimum Gasteiger partial charge on any atom is -0.359 e. The molecule has 3 heteroatoms. The van der Waals surface area contributed by atoms with E-state index in [0.29, 0.717) is 0 Å². The van der Waals surface area contributed by atoms with Gasteiger partial charge in [0, 0.05) is 5.41 Å². The Morgan fingerprint density at radius 2 is 2.83 bits per heavy atom. The summed E-state index contributed by atoms with van der Waals surface area (Å²) in [6.45, 7) is 0. The van der Waals surface area contributed by atoms with Crippen molar-refractivity contribution in [3.63, 3.8) is 0 Å². The van der Waals surface area contributed by atoms with Gasteiger partial charge in [0.05, 0.1) is 4.61 Å². The summed E-state index contributed by atoms with van der Waals surface area (Å²) < 4.78 is 0.993. The van der Waals surface area contributed by atoms with E-state index in [1.54, 1.807) is 0 Å². The number of halogens is 1. The molecule has 1 aliphatic heterocycles. The Morgan fingerprint density at radius 1 is 2.00 bits per heavy atom. The Balaban J connectivity index is 2.45. The second kappa shape index (κ2) is 1.89. The van der Waals surface area contributed by atoms with Gasteiger partial charge in [-0.1, -0.05) is 11.8 Å². The van der Waals surface area contributed by atoms with E-state index in [2.05, 4.69) is 27.1 Å². The van der Waals surface area contributed by atoms with Gasteiger partial charge in [-0.2, -0.15) is 0 Å². The van der Waals surface area contributed by atoms with Gasteiger partial charge in [0.15, 0.2) is 5.88 Å². The standard InChI is InChI=1S/C3H2BrNS/c4-3-1-6-2-5-3/h1,5H. The highest BCUT2D eigenvalue weighted by Gasteiger charge is 1.97. The van der Waals surface area contributed by atoms with Crippen molar-refractivity contribution in [1.29, 1.82) is 0 Å². The van der Waals surface area contributed by atoms with Gasteiger partial charge in [-0.3, -0.25) is 0 Å². The van der Waals surface area contributed by atoms with Crippen LogP contribution in [0.4, 0.5) is 0 Å². The smallest absolute Gasteiger partial charge is 0.161 e. The lowest BCUT2D eigenvalue weighted by molar-refractivity contribution is 1.17. The largest absolute Gasteiger partial charge is 0.359 e. The first-order valence-electron chi connectivity index (χ1n) is 1.42. The molecular weight excluding hydrogens is 162 g/mol. The zero-order chi connectivity index (χ0) is 4.41. The summed E-state index contributed by atoms with van der Waals surface area (Å²) in [4.78, 5) is 0. The first kappa shape index (κ1) is 4.53. The summed E-state index contributed by atoms with van der Waals surface area (Å²) in [6, 6.07) is 0. The molecular formula is C3H2BrNS. The molecule has 0 amide bonds. The zero-order valence-corrected chi connectivity index (χ0v) is 5.27. The van der Waals surface area contributed by atoms with Crippen molar-refractivity contribution in [3.05, 3.63) is 15.9 Å². The Bertz CT molecular complexity index is 80.9. The fourth-order valence-electron chi connectivity index (χ4n) is 0.189. The Hall–Kier alpha value is 0.370. The van der Waals surface area contributed by atoms with Crippen LogP contribution in [0.1, 0.15) is 0 Å². The maximum Gasteiger partial charge on any atom is 0.161 e. The minimum atomic E-state index is 0.993. The van der Waals surface area contributed by atoms with E-state index in [1.807, 2.05) is 5.41 Å². The van der Waals surface area contributed by atoms with Gasteiger partial charge in [-0.15, -0.1) is 0 Å². The second-order valence-corrected chi connectivity index (χ2v) is 2.34. The van der Waals surface area contributed by atoms with Crippen LogP contribution in [0.25, 0.3) is 0 Å². The number of hydrogen-bond donors (Lipinski definition) is 1. The van der Waals surface area contributed by atoms with Gasteiger partial charge in [0.1, 0.15) is 0 Å². The number of nitrogens with one attached hydrogen (secondary N) is 1. The molecule has 0 saturated carbocycles. The van der Waals surface area contributed by atoms with Gasteiger partial charge in [0.25, 0.3) is 0 Å². The van der Waals surface area contributed by atoms with E-state index >= 15 is 0 Å². The van der Waals surface area contributed by atoms with E-state index in [-0.39, 0.29) is 0 Å². The van der Waals surface area contributed by atoms with Crippen molar-refractivity contribution in [2.24, 2.45) is 0 Å². The maximum absolute atomic E-state index is 3.20. The summed E-state index contributed by atoms with van der Waals surface area (Å²) >= 11 is 4.72. The average Bonchev–Trinajstić information content (AvgIpc) is 1.86. The van der Waals surface area contributed by atoms with Gasteiger partial charge in [0.2, 0.25) is 0 Å². The van der Waals surface area contributed by atoms with Crippen LogP contribution in [-0.4, -0.2) is 0 Å². The summed E-state index contributed by atoms with van der Waals surface area (Å²) in [5.74, 6) is 2.80.